The van der Waals surface area contributed by atoms with E-state index in [0.717, 1.165) is 0 Å². The summed E-state index contributed by atoms with van der Waals surface area (Å²) in [4.78, 5) is 10.4. The lowest BCUT2D eigenvalue weighted by Gasteiger charge is -2.39. The highest BCUT2D eigenvalue weighted by Crippen LogP contribution is 2.28. The zero-order valence-electron chi connectivity index (χ0n) is 8.90. The zero-order valence-corrected chi connectivity index (χ0v) is 8.90. The molecular formula is C10H11BN2O3. The van der Waals surface area contributed by atoms with E-state index < -0.39 is 4.92 Å². The smallest absolute Gasteiger partial charge is 0.291 e. The van der Waals surface area contributed by atoms with E-state index in [0.29, 0.717) is 24.4 Å². The second-order valence-corrected chi connectivity index (χ2v) is 4.21. The Morgan fingerprint density at radius 1 is 1.56 bits per heavy atom. The Kier molecular flexibility index (Phi) is 2.59. The minimum absolute atomic E-state index is 0.00637. The van der Waals surface area contributed by atoms with Crippen LogP contribution in [0.2, 0.25) is 0 Å². The van der Waals surface area contributed by atoms with Gasteiger partial charge in [-0.05, 0) is 13.0 Å². The van der Waals surface area contributed by atoms with Crippen LogP contribution in [0, 0.1) is 10.1 Å². The number of nitrogens with zero attached hydrogens (tertiary/aromatic N) is 1. The normalized spacial score (nSPS) is 17.6. The Bertz CT molecular complexity index is 432. The molecule has 0 aliphatic carbocycles. The number of anilines is 1. The molecule has 6 heteroatoms. The fourth-order valence-corrected chi connectivity index (χ4v) is 1.61. The van der Waals surface area contributed by atoms with Crippen LogP contribution in [0.1, 0.15) is 6.92 Å². The molecule has 1 fully saturated rings. The van der Waals surface area contributed by atoms with Crippen molar-refractivity contribution in [3.8, 4) is 0 Å². The first-order valence-corrected chi connectivity index (χ1v) is 4.90. The number of nitro benzene ring substituents is 1. The highest BCUT2D eigenvalue weighted by atomic mass is 16.6. The van der Waals surface area contributed by atoms with Gasteiger partial charge in [-0.15, -0.1) is 0 Å². The predicted octanol–water partition coefficient (Wildman–Crippen LogP) is 0.589. The molecule has 5 nitrogen and oxygen atoms in total. The second-order valence-electron chi connectivity index (χ2n) is 4.21. The summed E-state index contributed by atoms with van der Waals surface area (Å²) < 4.78 is 5.08. The van der Waals surface area contributed by atoms with E-state index >= 15 is 0 Å². The summed E-state index contributed by atoms with van der Waals surface area (Å²) in [6, 6.07) is 4.61. The fourth-order valence-electron chi connectivity index (χ4n) is 1.61. The summed E-state index contributed by atoms with van der Waals surface area (Å²) in [6.07, 6.45) is 0. The summed E-state index contributed by atoms with van der Waals surface area (Å²) in [5.74, 6) is 0. The molecule has 0 aromatic heterocycles. The zero-order chi connectivity index (χ0) is 11.8. The molecule has 0 atom stereocenters. The van der Waals surface area contributed by atoms with E-state index in [-0.39, 0.29) is 11.2 Å². The molecule has 1 heterocycles. The quantitative estimate of drug-likeness (QED) is 0.458. The highest BCUT2D eigenvalue weighted by Gasteiger charge is 2.34. The van der Waals surface area contributed by atoms with Crippen molar-refractivity contribution in [2.75, 3.05) is 18.5 Å². The van der Waals surface area contributed by atoms with Crippen molar-refractivity contribution in [3.63, 3.8) is 0 Å². The van der Waals surface area contributed by atoms with Gasteiger partial charge in [0.2, 0.25) is 0 Å². The molecule has 0 saturated carbocycles. The summed E-state index contributed by atoms with van der Waals surface area (Å²) in [7, 11) is 5.52. The third-order valence-electron chi connectivity index (χ3n) is 2.50. The lowest BCUT2D eigenvalue weighted by atomic mass is 9.94. The van der Waals surface area contributed by atoms with Gasteiger partial charge in [0.15, 0.2) is 0 Å². The second kappa shape index (κ2) is 3.79. The van der Waals surface area contributed by atoms with Crippen molar-refractivity contribution < 1.29 is 9.66 Å². The molecule has 1 N–H and O–H groups in total. The first kappa shape index (κ1) is 10.9. The summed E-state index contributed by atoms with van der Waals surface area (Å²) >= 11 is 0. The van der Waals surface area contributed by atoms with Crippen LogP contribution in [0.3, 0.4) is 0 Å². The fraction of sp³-hybridized carbons (Fsp3) is 0.400. The van der Waals surface area contributed by atoms with E-state index in [1.165, 1.54) is 6.07 Å². The molecule has 1 aliphatic rings. The first-order valence-electron chi connectivity index (χ1n) is 4.90. The Hall–Kier alpha value is -1.56. The largest absolute Gasteiger partial charge is 0.376 e. The molecule has 1 aliphatic heterocycles. The molecule has 16 heavy (non-hydrogen) atoms. The van der Waals surface area contributed by atoms with Gasteiger partial charge in [-0.25, -0.2) is 0 Å². The minimum atomic E-state index is -0.443. The van der Waals surface area contributed by atoms with Gasteiger partial charge in [0.25, 0.3) is 5.69 Å². The van der Waals surface area contributed by atoms with Crippen LogP contribution in [0.25, 0.3) is 0 Å². The van der Waals surface area contributed by atoms with Crippen molar-refractivity contribution >= 4 is 24.7 Å². The molecule has 82 valence electrons. The Morgan fingerprint density at radius 2 is 2.25 bits per heavy atom. The molecule has 2 radical (unpaired) electrons. The van der Waals surface area contributed by atoms with Gasteiger partial charge < -0.3 is 10.1 Å². The van der Waals surface area contributed by atoms with Crippen LogP contribution in [-0.2, 0) is 4.74 Å². The van der Waals surface area contributed by atoms with Crippen LogP contribution in [0.4, 0.5) is 11.4 Å². The average Bonchev–Trinajstić information content (AvgIpc) is 2.18. The monoisotopic (exact) mass is 218 g/mol. The number of nitro groups is 1. The molecule has 2 rings (SSSR count). The highest BCUT2D eigenvalue weighted by molar-refractivity contribution is 6.32. The van der Waals surface area contributed by atoms with E-state index in [1.807, 2.05) is 6.92 Å². The molecular weight excluding hydrogens is 207 g/mol. The Morgan fingerprint density at radius 3 is 2.75 bits per heavy atom. The average molecular weight is 218 g/mol. The SMILES string of the molecule is [B]c1ccc(NC2(C)COC2)c([N+](=O)[O-])c1. The summed E-state index contributed by atoms with van der Waals surface area (Å²) in [5, 5.41) is 14.0. The number of hydrogen-bond acceptors (Lipinski definition) is 4. The van der Waals surface area contributed by atoms with Crippen molar-refractivity contribution in [2.45, 2.75) is 12.5 Å². The number of ether oxygens (including phenoxy) is 1. The minimum Gasteiger partial charge on any atom is -0.376 e. The van der Waals surface area contributed by atoms with Gasteiger partial charge >= 0.3 is 0 Å². The van der Waals surface area contributed by atoms with Crippen molar-refractivity contribution in [1.82, 2.24) is 0 Å². The van der Waals surface area contributed by atoms with Gasteiger partial charge in [-0.2, -0.15) is 0 Å². The van der Waals surface area contributed by atoms with Crippen LogP contribution >= 0.6 is 0 Å². The van der Waals surface area contributed by atoms with Crippen LogP contribution in [-0.4, -0.2) is 31.5 Å². The maximum Gasteiger partial charge on any atom is 0.291 e. The van der Waals surface area contributed by atoms with Gasteiger partial charge in [-0.1, -0.05) is 11.5 Å². The van der Waals surface area contributed by atoms with Crippen molar-refractivity contribution in [2.24, 2.45) is 0 Å². The maximum atomic E-state index is 10.8. The number of rotatable bonds is 3. The number of nitrogens with one attached hydrogen (secondary N) is 1. The Labute approximate surface area is 94.4 Å². The lowest BCUT2D eigenvalue weighted by Crippen LogP contribution is -2.53. The third kappa shape index (κ3) is 2.01. The van der Waals surface area contributed by atoms with E-state index in [1.54, 1.807) is 12.1 Å². The predicted molar refractivity (Wildman–Crippen MR) is 61.3 cm³/mol. The number of benzene rings is 1. The molecule has 0 bridgehead atoms. The van der Waals surface area contributed by atoms with E-state index in [2.05, 4.69) is 5.32 Å². The van der Waals surface area contributed by atoms with Crippen molar-refractivity contribution in [1.29, 1.82) is 0 Å². The standard InChI is InChI=1S/C10H11BN2O3/c1-10(5-16-6-10)12-8-3-2-7(11)4-9(8)13(14)15/h2-4,12H,5-6H2,1H3. The molecule has 0 amide bonds. The van der Waals surface area contributed by atoms with Gasteiger partial charge in [-0.3, -0.25) is 10.1 Å². The van der Waals surface area contributed by atoms with Crippen LogP contribution in [0.15, 0.2) is 18.2 Å². The third-order valence-corrected chi connectivity index (χ3v) is 2.50. The summed E-state index contributed by atoms with van der Waals surface area (Å²) in [5.41, 5.74) is 0.631. The van der Waals surface area contributed by atoms with Crippen LogP contribution in [0.5, 0.6) is 0 Å². The van der Waals surface area contributed by atoms with E-state index in [9.17, 15) is 10.1 Å². The van der Waals surface area contributed by atoms with Crippen molar-refractivity contribution in [3.05, 3.63) is 28.3 Å². The Balaban J connectivity index is 2.29. The molecule has 1 aromatic rings. The topological polar surface area (TPSA) is 64.4 Å². The van der Waals surface area contributed by atoms with E-state index in [4.69, 9.17) is 12.6 Å². The molecule has 1 saturated heterocycles. The van der Waals surface area contributed by atoms with Gasteiger partial charge in [0.05, 0.1) is 23.7 Å². The number of hydrogen-bond donors (Lipinski definition) is 1. The molecule has 1 aromatic carbocycles. The van der Waals surface area contributed by atoms with Crippen LogP contribution < -0.4 is 10.8 Å². The maximum absolute atomic E-state index is 10.8. The molecule has 0 unspecified atom stereocenters. The molecule has 0 spiro atoms. The first-order chi connectivity index (χ1) is 7.50. The lowest BCUT2D eigenvalue weighted by molar-refractivity contribution is -0.383. The van der Waals surface area contributed by atoms with Gasteiger partial charge in [0.1, 0.15) is 13.5 Å². The summed E-state index contributed by atoms with van der Waals surface area (Å²) in [6.45, 7) is 3.06. The van der Waals surface area contributed by atoms with Gasteiger partial charge in [0, 0.05) is 6.07 Å².